The van der Waals surface area contributed by atoms with Gasteiger partial charge in [0.25, 0.3) is 0 Å². The minimum absolute atomic E-state index is 0.0492. The van der Waals surface area contributed by atoms with Crippen molar-refractivity contribution in [1.29, 1.82) is 0 Å². The number of alkyl halides is 3. The molecule has 4 N–H and O–H groups in total. The summed E-state index contributed by atoms with van der Waals surface area (Å²) in [5.74, 6) is 0.467. The SMILES string of the molecule is Nc1cc(Cl)cc(Cl)c1S(=O)(=O)NC(Cn1cc(-c2ncc[nH]2)c2ccccc21)C(F)(F)F. The summed E-state index contributed by atoms with van der Waals surface area (Å²) in [6.45, 7) is -0.741. The van der Waals surface area contributed by atoms with Gasteiger partial charge in [0.15, 0.2) is 0 Å². The first-order chi connectivity index (χ1) is 15.5. The number of nitrogens with zero attached hydrogens (tertiary/aromatic N) is 2. The van der Waals surface area contributed by atoms with Crippen LogP contribution in [-0.4, -0.2) is 35.2 Å². The predicted octanol–water partition coefficient (Wildman–Crippen LogP) is 4.83. The maximum absolute atomic E-state index is 14.0. The highest BCUT2D eigenvalue weighted by molar-refractivity contribution is 7.89. The fourth-order valence-electron chi connectivity index (χ4n) is 3.51. The Morgan fingerprint density at radius 1 is 1.21 bits per heavy atom. The summed E-state index contributed by atoms with van der Waals surface area (Å²) in [5, 5.41) is 0.314. The average Bonchev–Trinajstić information content (AvgIpc) is 3.34. The third kappa shape index (κ3) is 4.67. The van der Waals surface area contributed by atoms with Crippen molar-refractivity contribution >= 4 is 49.8 Å². The maximum Gasteiger partial charge on any atom is 0.406 e. The van der Waals surface area contributed by atoms with Crippen molar-refractivity contribution < 1.29 is 21.6 Å². The second kappa shape index (κ2) is 8.56. The highest BCUT2D eigenvalue weighted by Gasteiger charge is 2.43. The van der Waals surface area contributed by atoms with Crippen molar-refractivity contribution in [3.63, 3.8) is 0 Å². The van der Waals surface area contributed by atoms with Gasteiger partial charge in [-0.25, -0.2) is 13.4 Å². The van der Waals surface area contributed by atoms with Crippen molar-refractivity contribution in [3.05, 3.63) is 65.0 Å². The molecule has 0 saturated carbocycles. The number of sulfonamides is 1. The van der Waals surface area contributed by atoms with Crippen LogP contribution in [0.15, 0.2) is 59.9 Å². The van der Waals surface area contributed by atoms with Crippen LogP contribution in [0.4, 0.5) is 18.9 Å². The first kappa shape index (κ1) is 23.4. The molecular weight excluding hydrogens is 502 g/mol. The Hall–Kier alpha value is -2.73. The van der Waals surface area contributed by atoms with Crippen LogP contribution in [0, 0.1) is 0 Å². The Morgan fingerprint density at radius 3 is 2.58 bits per heavy atom. The van der Waals surface area contributed by atoms with Crippen LogP contribution in [0.2, 0.25) is 10.0 Å². The van der Waals surface area contributed by atoms with Crippen LogP contribution >= 0.6 is 23.2 Å². The number of benzene rings is 2. The van der Waals surface area contributed by atoms with Crippen molar-refractivity contribution in [2.24, 2.45) is 0 Å². The maximum atomic E-state index is 14.0. The lowest BCUT2D eigenvalue weighted by molar-refractivity contribution is -0.154. The number of nitrogens with one attached hydrogen (secondary N) is 2. The first-order valence-corrected chi connectivity index (χ1v) is 11.6. The minimum atomic E-state index is -4.92. The molecule has 1 unspecified atom stereocenters. The predicted molar refractivity (Wildman–Crippen MR) is 121 cm³/mol. The lowest BCUT2D eigenvalue weighted by Crippen LogP contribution is -2.48. The van der Waals surface area contributed by atoms with Gasteiger partial charge >= 0.3 is 6.18 Å². The van der Waals surface area contributed by atoms with E-state index in [0.717, 1.165) is 12.1 Å². The minimum Gasteiger partial charge on any atom is -0.398 e. The van der Waals surface area contributed by atoms with E-state index in [9.17, 15) is 21.6 Å². The van der Waals surface area contributed by atoms with E-state index in [0.29, 0.717) is 22.3 Å². The molecule has 2 heterocycles. The van der Waals surface area contributed by atoms with Gasteiger partial charge in [-0.1, -0.05) is 41.4 Å². The number of nitrogen functional groups attached to an aromatic ring is 1. The van der Waals surface area contributed by atoms with Crippen LogP contribution in [0.1, 0.15) is 0 Å². The molecule has 0 spiro atoms. The molecule has 1 atom stereocenters. The van der Waals surface area contributed by atoms with Crippen LogP contribution in [0.3, 0.4) is 0 Å². The average molecular weight is 518 g/mol. The number of anilines is 1. The molecule has 13 heteroatoms. The number of halogens is 5. The summed E-state index contributed by atoms with van der Waals surface area (Å²) in [7, 11) is -4.75. The molecule has 7 nitrogen and oxygen atoms in total. The molecule has 0 aliphatic rings. The Bertz CT molecular complexity index is 1400. The lowest BCUT2D eigenvalue weighted by atomic mass is 10.2. The van der Waals surface area contributed by atoms with E-state index in [-0.39, 0.29) is 15.7 Å². The molecule has 4 rings (SSSR count). The molecule has 174 valence electrons. The molecule has 0 fully saturated rings. The summed E-state index contributed by atoms with van der Waals surface area (Å²) in [6.07, 6.45) is -0.320. The second-order valence-corrected chi connectivity index (χ2v) is 9.67. The van der Waals surface area contributed by atoms with E-state index in [4.69, 9.17) is 28.9 Å². The number of aromatic nitrogens is 3. The van der Waals surface area contributed by atoms with Gasteiger partial charge in [0, 0.05) is 46.6 Å². The van der Waals surface area contributed by atoms with Gasteiger partial charge < -0.3 is 15.3 Å². The number of fused-ring (bicyclic) bond motifs is 1. The Kier molecular flexibility index (Phi) is 6.08. The van der Waals surface area contributed by atoms with Crippen molar-refractivity contribution in [1.82, 2.24) is 19.3 Å². The zero-order valence-electron chi connectivity index (χ0n) is 16.6. The normalized spacial score (nSPS) is 13.5. The second-order valence-electron chi connectivity index (χ2n) is 7.17. The summed E-state index contributed by atoms with van der Waals surface area (Å²) in [4.78, 5) is 6.41. The number of H-pyrrole nitrogens is 1. The molecular formula is C20H16Cl2F3N5O2S. The first-order valence-electron chi connectivity index (χ1n) is 9.38. The summed E-state index contributed by atoms with van der Waals surface area (Å²) in [6, 6.07) is 6.50. The van der Waals surface area contributed by atoms with Gasteiger partial charge in [-0.05, 0) is 18.2 Å². The van der Waals surface area contributed by atoms with Crippen LogP contribution in [-0.2, 0) is 16.6 Å². The number of hydrogen-bond donors (Lipinski definition) is 3. The van der Waals surface area contributed by atoms with Gasteiger partial charge in [0.2, 0.25) is 10.0 Å². The highest BCUT2D eigenvalue weighted by Crippen LogP contribution is 2.34. The van der Waals surface area contributed by atoms with Gasteiger partial charge in [-0.2, -0.15) is 17.9 Å². The van der Waals surface area contributed by atoms with Gasteiger partial charge in [0.05, 0.1) is 10.7 Å². The zero-order chi connectivity index (χ0) is 24.0. The largest absolute Gasteiger partial charge is 0.406 e. The van der Waals surface area contributed by atoms with Gasteiger partial charge in [-0.3, -0.25) is 0 Å². The smallest absolute Gasteiger partial charge is 0.398 e. The molecule has 0 bridgehead atoms. The molecule has 0 aliphatic heterocycles. The van der Waals surface area contributed by atoms with Crippen LogP contribution in [0.25, 0.3) is 22.3 Å². The Balaban J connectivity index is 1.75. The molecule has 0 radical (unpaired) electrons. The van der Waals surface area contributed by atoms with E-state index >= 15 is 0 Å². The standard InChI is InChI=1S/C20H16Cl2F3N5O2S/c21-11-7-14(22)18(15(26)8-11)33(31,32)29-17(20(23,24)25)10-30-9-13(19-27-5-6-28-19)12-3-1-2-4-16(12)30/h1-9,17,29H,10,26H2,(H,27,28). The van der Waals surface area contributed by atoms with Crippen molar-refractivity contribution in [2.75, 3.05) is 5.73 Å². The monoisotopic (exact) mass is 517 g/mol. The summed E-state index contributed by atoms with van der Waals surface area (Å²) in [5.41, 5.74) is 6.37. The van der Waals surface area contributed by atoms with E-state index in [2.05, 4.69) is 9.97 Å². The molecule has 4 aromatic rings. The molecule has 0 aliphatic carbocycles. The molecule has 0 amide bonds. The van der Waals surface area contributed by atoms with E-state index < -0.39 is 33.7 Å². The number of para-hydroxylation sites is 1. The molecule has 0 saturated heterocycles. The lowest BCUT2D eigenvalue weighted by Gasteiger charge is -2.23. The summed E-state index contributed by atoms with van der Waals surface area (Å²) < 4.78 is 70.6. The van der Waals surface area contributed by atoms with Crippen LogP contribution in [0.5, 0.6) is 0 Å². The van der Waals surface area contributed by atoms with Gasteiger partial charge in [-0.15, -0.1) is 0 Å². The molecule has 2 aromatic heterocycles. The number of imidazole rings is 1. The summed E-state index contributed by atoms with van der Waals surface area (Å²) >= 11 is 11.7. The number of aromatic amines is 1. The molecule has 33 heavy (non-hydrogen) atoms. The number of hydrogen-bond acceptors (Lipinski definition) is 4. The number of nitrogens with two attached hydrogens (primary N) is 1. The van der Waals surface area contributed by atoms with E-state index in [1.165, 1.54) is 17.0 Å². The van der Waals surface area contributed by atoms with Crippen molar-refractivity contribution in [2.45, 2.75) is 23.7 Å². The van der Waals surface area contributed by atoms with E-state index in [1.54, 1.807) is 35.2 Å². The third-order valence-corrected chi connectivity index (χ3v) is 7.14. The highest BCUT2D eigenvalue weighted by atomic mass is 35.5. The third-order valence-electron chi connectivity index (χ3n) is 4.92. The van der Waals surface area contributed by atoms with E-state index in [1.807, 2.05) is 0 Å². The number of rotatable bonds is 6. The zero-order valence-corrected chi connectivity index (χ0v) is 18.9. The Labute approximate surface area is 196 Å². The van der Waals surface area contributed by atoms with Gasteiger partial charge in [0.1, 0.15) is 16.8 Å². The Morgan fingerprint density at radius 2 is 1.94 bits per heavy atom. The van der Waals surface area contributed by atoms with Crippen molar-refractivity contribution in [3.8, 4) is 11.4 Å². The molecule has 2 aromatic carbocycles. The fourth-order valence-corrected chi connectivity index (χ4v) is 5.71. The topological polar surface area (TPSA) is 106 Å². The fraction of sp³-hybridized carbons (Fsp3) is 0.150. The van der Waals surface area contributed by atoms with Crippen LogP contribution < -0.4 is 10.5 Å². The quantitative estimate of drug-likeness (QED) is 0.318.